The van der Waals surface area contributed by atoms with Crippen molar-refractivity contribution in [1.82, 2.24) is 9.80 Å². The third-order valence-electron chi connectivity index (χ3n) is 5.79. The number of furan rings is 1. The van der Waals surface area contributed by atoms with Crippen LogP contribution in [0.3, 0.4) is 0 Å². The number of amides is 1. The number of rotatable bonds is 3. The second-order valence-electron chi connectivity index (χ2n) is 7.81. The van der Waals surface area contributed by atoms with E-state index in [2.05, 4.69) is 10.2 Å². The van der Waals surface area contributed by atoms with Gasteiger partial charge in [0.2, 0.25) is 0 Å². The molecular weight excluding hydrogens is 455 g/mol. The highest BCUT2D eigenvalue weighted by Gasteiger charge is 2.26. The maximum absolute atomic E-state index is 13.7. The summed E-state index contributed by atoms with van der Waals surface area (Å²) in [5.41, 5.74) is 1.91. The van der Waals surface area contributed by atoms with Gasteiger partial charge < -0.3 is 24.6 Å². The molecule has 1 aromatic heterocycles. The lowest BCUT2D eigenvalue weighted by Crippen LogP contribution is -2.47. The van der Waals surface area contributed by atoms with Crippen molar-refractivity contribution < 1.29 is 28.9 Å². The van der Waals surface area contributed by atoms with Crippen LogP contribution < -0.4 is 0 Å². The fraction of sp³-hybridized carbons (Fsp3) is 0.227. The van der Waals surface area contributed by atoms with Crippen LogP contribution in [0.5, 0.6) is 11.5 Å². The fourth-order valence-electron chi connectivity index (χ4n) is 4.02. The molecule has 0 atom stereocenters. The second kappa shape index (κ2) is 8.05. The summed E-state index contributed by atoms with van der Waals surface area (Å²) in [6.45, 7) is 1.84. The highest BCUT2D eigenvalue weighted by atomic mass is 35.5. The van der Waals surface area contributed by atoms with E-state index < -0.39 is 11.9 Å². The molecule has 0 bridgehead atoms. The Labute approximate surface area is 191 Å². The van der Waals surface area contributed by atoms with Crippen LogP contribution in [0.15, 0.2) is 38.9 Å². The van der Waals surface area contributed by atoms with E-state index in [0.29, 0.717) is 54.1 Å². The molecule has 11 heteroatoms. The molecule has 2 aliphatic rings. The van der Waals surface area contributed by atoms with Gasteiger partial charge in [-0.25, -0.2) is 9.18 Å². The predicted molar refractivity (Wildman–Crippen MR) is 118 cm³/mol. The molecule has 0 aliphatic carbocycles. The van der Waals surface area contributed by atoms with E-state index in [4.69, 9.17) is 21.1 Å². The van der Waals surface area contributed by atoms with Gasteiger partial charge in [0.1, 0.15) is 17.1 Å². The molecule has 1 saturated heterocycles. The smallest absolute Gasteiger partial charge is 0.407 e. The molecule has 2 aromatic carbocycles. The van der Waals surface area contributed by atoms with Gasteiger partial charge in [-0.3, -0.25) is 4.90 Å². The molecule has 33 heavy (non-hydrogen) atoms. The van der Waals surface area contributed by atoms with Crippen molar-refractivity contribution in [3.05, 3.63) is 52.0 Å². The Morgan fingerprint density at radius 2 is 1.91 bits per heavy atom. The molecule has 170 valence electrons. The number of hydrogen-bond donors (Lipinski definition) is 3. The standard InChI is InChI=1S/C22H18ClFN4O5/c23-15-8-13-20(30)18(9-17-12-7-11(24)1-2-16(12)25-26-17)33-21(13)14(19(15)29)10-27-3-5-28(6-4-27)22(31)32/h1-2,7-9,29-30H,3-6,10H2,(H,31,32). The van der Waals surface area contributed by atoms with E-state index in [9.17, 15) is 19.4 Å². The van der Waals surface area contributed by atoms with Crippen molar-refractivity contribution in [3.8, 4) is 11.5 Å². The number of fused-ring (bicyclic) bond motifs is 2. The third kappa shape index (κ3) is 3.77. The summed E-state index contributed by atoms with van der Waals surface area (Å²) in [6.07, 6.45) is 0.478. The minimum Gasteiger partial charge on any atom is -0.506 e. The maximum atomic E-state index is 13.7. The average Bonchev–Trinajstić information content (AvgIpc) is 3.33. The lowest BCUT2D eigenvalue weighted by atomic mass is 10.1. The number of halogens is 2. The van der Waals surface area contributed by atoms with Crippen molar-refractivity contribution >= 4 is 46.1 Å². The van der Waals surface area contributed by atoms with Crippen LogP contribution >= 0.6 is 11.6 Å². The number of carboxylic acid groups (broad SMARTS) is 1. The largest absolute Gasteiger partial charge is 0.506 e. The van der Waals surface area contributed by atoms with Gasteiger partial charge in [0, 0.05) is 44.4 Å². The highest BCUT2D eigenvalue weighted by Crippen LogP contribution is 2.44. The zero-order valence-electron chi connectivity index (χ0n) is 17.1. The molecule has 3 heterocycles. The van der Waals surface area contributed by atoms with Gasteiger partial charge >= 0.3 is 6.09 Å². The van der Waals surface area contributed by atoms with Crippen molar-refractivity contribution in [2.75, 3.05) is 26.2 Å². The van der Waals surface area contributed by atoms with E-state index in [-0.39, 0.29) is 34.4 Å². The summed E-state index contributed by atoms with van der Waals surface area (Å²) in [5.74, 6) is -0.750. The Morgan fingerprint density at radius 3 is 2.64 bits per heavy atom. The van der Waals surface area contributed by atoms with Crippen molar-refractivity contribution in [2.24, 2.45) is 10.2 Å². The van der Waals surface area contributed by atoms with Gasteiger partial charge in [-0.2, -0.15) is 0 Å². The lowest BCUT2D eigenvalue weighted by Gasteiger charge is -2.33. The molecule has 2 aliphatic heterocycles. The van der Waals surface area contributed by atoms with Crippen LogP contribution in [0.1, 0.15) is 16.9 Å². The number of phenolic OH excluding ortho intramolecular Hbond substituents is 1. The highest BCUT2D eigenvalue weighted by molar-refractivity contribution is 6.33. The summed E-state index contributed by atoms with van der Waals surface area (Å²) >= 11 is 6.21. The monoisotopic (exact) mass is 472 g/mol. The van der Waals surface area contributed by atoms with E-state index in [1.807, 2.05) is 4.90 Å². The van der Waals surface area contributed by atoms with Crippen LogP contribution in [0.2, 0.25) is 5.02 Å². The number of azo groups is 1. The van der Waals surface area contributed by atoms with E-state index in [1.165, 1.54) is 35.2 Å². The number of carbonyl (C=O) groups is 1. The average molecular weight is 473 g/mol. The summed E-state index contributed by atoms with van der Waals surface area (Å²) in [7, 11) is 0. The van der Waals surface area contributed by atoms with E-state index in [1.54, 1.807) is 0 Å². The van der Waals surface area contributed by atoms with Gasteiger partial charge in [0.05, 0.1) is 27.4 Å². The van der Waals surface area contributed by atoms with Crippen LogP contribution in [-0.2, 0) is 6.54 Å². The number of benzene rings is 2. The molecular formula is C22H18ClFN4O5. The predicted octanol–water partition coefficient (Wildman–Crippen LogP) is 5.03. The van der Waals surface area contributed by atoms with Crippen LogP contribution in [0.4, 0.5) is 14.9 Å². The van der Waals surface area contributed by atoms with E-state index >= 15 is 0 Å². The molecule has 3 N–H and O–H groups in total. The molecule has 5 rings (SSSR count). The van der Waals surface area contributed by atoms with Gasteiger partial charge in [-0.1, -0.05) is 11.6 Å². The molecule has 0 radical (unpaired) electrons. The Morgan fingerprint density at radius 1 is 1.15 bits per heavy atom. The molecule has 0 spiro atoms. The molecule has 0 saturated carbocycles. The Balaban J connectivity index is 1.52. The first-order valence-corrected chi connectivity index (χ1v) is 10.5. The molecule has 9 nitrogen and oxygen atoms in total. The van der Waals surface area contributed by atoms with Crippen molar-refractivity contribution in [1.29, 1.82) is 0 Å². The zero-order valence-corrected chi connectivity index (χ0v) is 17.9. The minimum absolute atomic E-state index is 0.0462. The Bertz CT molecular complexity index is 1340. The minimum atomic E-state index is -0.971. The fourth-order valence-corrected chi connectivity index (χ4v) is 4.24. The number of phenols is 1. The number of piperazine rings is 1. The number of hydrogen-bond acceptors (Lipinski definition) is 7. The van der Waals surface area contributed by atoms with Gasteiger partial charge in [-0.05, 0) is 24.3 Å². The molecule has 0 unspecified atom stereocenters. The second-order valence-corrected chi connectivity index (χ2v) is 8.22. The first kappa shape index (κ1) is 21.2. The molecule has 3 aromatic rings. The maximum Gasteiger partial charge on any atom is 0.407 e. The van der Waals surface area contributed by atoms with Crippen LogP contribution in [0, 0.1) is 5.82 Å². The zero-order chi connectivity index (χ0) is 23.3. The van der Waals surface area contributed by atoms with Gasteiger partial charge in [0.15, 0.2) is 11.5 Å². The number of aromatic hydroxyl groups is 2. The summed E-state index contributed by atoms with van der Waals surface area (Å²) < 4.78 is 19.6. The SMILES string of the molecule is O=C(O)N1CCN(Cc2c(O)c(Cl)cc3c(O)c(C=C4N=Nc5ccc(F)cc54)oc23)CC1. The lowest BCUT2D eigenvalue weighted by molar-refractivity contribution is 0.102. The normalized spacial score (nSPS) is 17.3. The third-order valence-corrected chi connectivity index (χ3v) is 6.08. The Kier molecular flexibility index (Phi) is 5.18. The quantitative estimate of drug-likeness (QED) is 0.491. The summed E-state index contributed by atoms with van der Waals surface area (Å²) in [5, 5.41) is 38.9. The number of nitrogens with zero attached hydrogens (tertiary/aromatic N) is 4. The van der Waals surface area contributed by atoms with Crippen molar-refractivity contribution in [3.63, 3.8) is 0 Å². The molecule has 1 fully saturated rings. The van der Waals surface area contributed by atoms with Gasteiger partial charge in [-0.15, -0.1) is 10.2 Å². The Hall–Kier alpha value is -3.63. The first-order valence-electron chi connectivity index (χ1n) is 10.1. The summed E-state index contributed by atoms with van der Waals surface area (Å²) in [6, 6.07) is 5.49. The topological polar surface area (TPSA) is 122 Å². The van der Waals surface area contributed by atoms with Crippen molar-refractivity contribution in [2.45, 2.75) is 6.54 Å². The van der Waals surface area contributed by atoms with Crippen LogP contribution in [-0.4, -0.2) is 57.4 Å². The van der Waals surface area contributed by atoms with Crippen LogP contribution in [0.25, 0.3) is 22.7 Å². The first-order chi connectivity index (χ1) is 15.8. The summed E-state index contributed by atoms with van der Waals surface area (Å²) in [4.78, 5) is 14.4. The van der Waals surface area contributed by atoms with Gasteiger partial charge in [0.25, 0.3) is 0 Å². The molecule has 1 amide bonds. The van der Waals surface area contributed by atoms with E-state index in [0.717, 1.165) is 0 Å².